The number of hydrogen-bond acceptors (Lipinski definition) is 6. The average Bonchev–Trinajstić information content (AvgIpc) is 3.42. The zero-order valence-corrected chi connectivity index (χ0v) is 16.4. The molecule has 0 saturated heterocycles. The molecule has 1 fully saturated rings. The molecule has 1 aromatic carbocycles. The number of ether oxygens (including phenoxy) is 2. The highest BCUT2D eigenvalue weighted by atomic mass is 35.5. The van der Waals surface area contributed by atoms with Crippen LogP contribution in [0.1, 0.15) is 29.0 Å². The van der Waals surface area contributed by atoms with Gasteiger partial charge in [0.1, 0.15) is 12.4 Å². The fraction of sp³-hybridized carbons (Fsp3) is 0.500. The Bertz CT molecular complexity index is 746. The minimum absolute atomic E-state index is 0. The molecular formula is C18H26ClN5O3. The van der Waals surface area contributed by atoms with E-state index in [-0.39, 0.29) is 24.4 Å². The van der Waals surface area contributed by atoms with E-state index < -0.39 is 0 Å². The molecule has 1 amide bonds. The van der Waals surface area contributed by atoms with Crippen molar-refractivity contribution in [1.29, 1.82) is 0 Å². The topological polar surface area (TPSA) is 104 Å². The summed E-state index contributed by atoms with van der Waals surface area (Å²) < 4.78 is 10.5. The van der Waals surface area contributed by atoms with Gasteiger partial charge in [0.2, 0.25) is 0 Å². The number of aryl methyl sites for hydroxylation is 1. The van der Waals surface area contributed by atoms with Crippen molar-refractivity contribution < 1.29 is 14.3 Å². The van der Waals surface area contributed by atoms with Gasteiger partial charge in [-0.05, 0) is 49.9 Å². The Balaban J connectivity index is 0.00000261. The summed E-state index contributed by atoms with van der Waals surface area (Å²) in [6.45, 7) is 3.25. The first kappa shape index (κ1) is 21.1. The van der Waals surface area contributed by atoms with Gasteiger partial charge in [-0.1, -0.05) is 0 Å². The molecule has 9 heteroatoms. The number of hydrogen-bond donors (Lipinski definition) is 2. The summed E-state index contributed by atoms with van der Waals surface area (Å²) in [7, 11) is 1.63. The van der Waals surface area contributed by atoms with E-state index in [1.54, 1.807) is 14.0 Å². The van der Waals surface area contributed by atoms with Crippen LogP contribution in [0, 0.1) is 12.8 Å². The Hall–Kier alpha value is -2.16. The predicted octanol–water partition coefficient (Wildman–Crippen LogP) is 1.49. The van der Waals surface area contributed by atoms with Crippen molar-refractivity contribution >= 4 is 18.3 Å². The molecule has 0 bridgehead atoms. The van der Waals surface area contributed by atoms with Crippen molar-refractivity contribution in [2.45, 2.75) is 25.8 Å². The number of rotatable bonds is 9. The third kappa shape index (κ3) is 5.66. The lowest BCUT2D eigenvalue weighted by atomic mass is 10.2. The first-order valence-corrected chi connectivity index (χ1v) is 8.78. The van der Waals surface area contributed by atoms with Crippen LogP contribution in [0.4, 0.5) is 0 Å². The van der Waals surface area contributed by atoms with Crippen LogP contribution in [0.2, 0.25) is 0 Å². The summed E-state index contributed by atoms with van der Waals surface area (Å²) in [6.07, 6.45) is 2.30. The maximum Gasteiger partial charge on any atom is 0.273 e. The lowest BCUT2D eigenvalue weighted by Crippen LogP contribution is -2.38. The number of halogens is 1. The van der Waals surface area contributed by atoms with Crippen LogP contribution in [-0.4, -0.2) is 53.8 Å². The normalized spacial score (nSPS) is 14.3. The monoisotopic (exact) mass is 395 g/mol. The molecular weight excluding hydrogens is 370 g/mol. The Kier molecular flexibility index (Phi) is 7.58. The molecule has 148 valence electrons. The average molecular weight is 396 g/mol. The van der Waals surface area contributed by atoms with Gasteiger partial charge in [0.25, 0.3) is 5.91 Å². The summed E-state index contributed by atoms with van der Waals surface area (Å²) in [4.78, 5) is 13.8. The second-order valence-corrected chi connectivity index (χ2v) is 6.47. The maximum absolute atomic E-state index is 12.3. The van der Waals surface area contributed by atoms with Gasteiger partial charge in [-0.15, -0.1) is 17.5 Å². The van der Waals surface area contributed by atoms with Gasteiger partial charge in [-0.25, -0.2) is 0 Å². The third-order valence-corrected chi connectivity index (χ3v) is 4.35. The fourth-order valence-electron chi connectivity index (χ4n) is 2.61. The largest absolute Gasteiger partial charge is 0.491 e. The summed E-state index contributed by atoms with van der Waals surface area (Å²) in [5, 5.41) is 11.5. The standard InChI is InChI=1S/C18H25N5O3.ClH/c1-12-17(18(24)20-11-16(19)13-3-4-13)22-23(21-12)14-5-7-15(8-6-14)26-10-9-25-2;/h5-8,13,16H,3-4,9-11,19H2,1-2H3,(H,20,24);1H. The number of amides is 1. The molecule has 0 aliphatic heterocycles. The van der Waals surface area contributed by atoms with E-state index in [9.17, 15) is 4.79 Å². The number of aromatic nitrogens is 3. The predicted molar refractivity (Wildman–Crippen MR) is 104 cm³/mol. The van der Waals surface area contributed by atoms with Crippen LogP contribution >= 0.6 is 12.4 Å². The smallest absolute Gasteiger partial charge is 0.273 e. The number of nitrogens with two attached hydrogens (primary N) is 1. The number of carbonyl (C=O) groups is 1. The zero-order chi connectivity index (χ0) is 18.5. The molecule has 1 saturated carbocycles. The molecule has 3 N–H and O–H groups in total. The second-order valence-electron chi connectivity index (χ2n) is 6.47. The molecule has 1 aliphatic carbocycles. The molecule has 1 unspecified atom stereocenters. The number of benzene rings is 1. The van der Waals surface area contributed by atoms with Crippen LogP contribution < -0.4 is 15.8 Å². The fourth-order valence-corrected chi connectivity index (χ4v) is 2.61. The summed E-state index contributed by atoms with van der Waals surface area (Å²) in [5.41, 5.74) is 7.66. The maximum atomic E-state index is 12.3. The highest BCUT2D eigenvalue weighted by Crippen LogP contribution is 2.31. The number of nitrogens with zero attached hydrogens (tertiary/aromatic N) is 3. The first-order valence-electron chi connectivity index (χ1n) is 8.78. The van der Waals surface area contributed by atoms with Gasteiger partial charge in [0.15, 0.2) is 5.69 Å². The lowest BCUT2D eigenvalue weighted by molar-refractivity contribution is 0.0944. The summed E-state index contributed by atoms with van der Waals surface area (Å²) in [6, 6.07) is 7.36. The molecule has 1 heterocycles. The van der Waals surface area contributed by atoms with E-state index in [0.717, 1.165) is 24.3 Å². The SMILES string of the molecule is COCCOc1ccc(-n2nc(C)c(C(=O)NCC(N)C3CC3)n2)cc1.Cl. The Morgan fingerprint density at radius 1 is 1.30 bits per heavy atom. The molecule has 8 nitrogen and oxygen atoms in total. The Morgan fingerprint density at radius 2 is 2.00 bits per heavy atom. The molecule has 0 radical (unpaired) electrons. The van der Waals surface area contributed by atoms with Crippen molar-refractivity contribution in [2.24, 2.45) is 11.7 Å². The Labute approximate surface area is 164 Å². The molecule has 3 rings (SSSR count). The molecule has 27 heavy (non-hydrogen) atoms. The molecule has 2 aromatic rings. The highest BCUT2D eigenvalue weighted by molar-refractivity contribution is 5.93. The van der Waals surface area contributed by atoms with E-state index >= 15 is 0 Å². The summed E-state index contributed by atoms with van der Waals surface area (Å²) >= 11 is 0. The summed E-state index contributed by atoms with van der Waals surface area (Å²) in [5.74, 6) is 1.03. The molecule has 0 spiro atoms. The van der Waals surface area contributed by atoms with Crippen molar-refractivity contribution in [1.82, 2.24) is 20.3 Å². The van der Waals surface area contributed by atoms with Crippen molar-refractivity contribution in [2.75, 3.05) is 26.9 Å². The van der Waals surface area contributed by atoms with Crippen molar-refractivity contribution in [3.05, 3.63) is 35.7 Å². The van der Waals surface area contributed by atoms with Gasteiger partial charge in [0, 0.05) is 19.7 Å². The number of carbonyl (C=O) groups excluding carboxylic acids is 1. The van der Waals surface area contributed by atoms with E-state index in [4.69, 9.17) is 15.2 Å². The highest BCUT2D eigenvalue weighted by Gasteiger charge is 2.29. The molecule has 1 atom stereocenters. The van der Waals surface area contributed by atoms with E-state index in [2.05, 4.69) is 15.5 Å². The van der Waals surface area contributed by atoms with Crippen LogP contribution in [0.15, 0.2) is 24.3 Å². The zero-order valence-electron chi connectivity index (χ0n) is 15.6. The minimum Gasteiger partial charge on any atom is -0.491 e. The Morgan fingerprint density at radius 3 is 2.63 bits per heavy atom. The third-order valence-electron chi connectivity index (χ3n) is 4.35. The van der Waals surface area contributed by atoms with Crippen molar-refractivity contribution in [3.8, 4) is 11.4 Å². The van der Waals surface area contributed by atoms with Gasteiger partial charge >= 0.3 is 0 Å². The molecule has 1 aromatic heterocycles. The number of methoxy groups -OCH3 is 1. The quantitative estimate of drug-likeness (QED) is 0.623. The van der Waals surface area contributed by atoms with Crippen LogP contribution in [0.5, 0.6) is 5.75 Å². The van der Waals surface area contributed by atoms with Gasteiger partial charge < -0.3 is 20.5 Å². The van der Waals surface area contributed by atoms with Gasteiger partial charge in [-0.3, -0.25) is 4.79 Å². The van der Waals surface area contributed by atoms with Crippen molar-refractivity contribution in [3.63, 3.8) is 0 Å². The second kappa shape index (κ2) is 9.68. The van der Waals surface area contributed by atoms with Crippen LogP contribution in [0.3, 0.4) is 0 Å². The lowest BCUT2D eigenvalue weighted by Gasteiger charge is -2.10. The number of nitrogens with one attached hydrogen (secondary N) is 1. The van der Waals surface area contributed by atoms with Gasteiger partial charge in [0.05, 0.1) is 18.0 Å². The first-order chi connectivity index (χ1) is 12.6. The van der Waals surface area contributed by atoms with E-state index in [0.29, 0.717) is 37.1 Å². The van der Waals surface area contributed by atoms with Crippen LogP contribution in [0.25, 0.3) is 5.69 Å². The molecule has 1 aliphatic rings. The van der Waals surface area contributed by atoms with Gasteiger partial charge in [-0.2, -0.15) is 9.90 Å². The minimum atomic E-state index is -0.246. The van der Waals surface area contributed by atoms with E-state index in [1.807, 2.05) is 24.3 Å². The van der Waals surface area contributed by atoms with E-state index in [1.165, 1.54) is 4.80 Å². The van der Waals surface area contributed by atoms with Crippen LogP contribution in [-0.2, 0) is 4.74 Å².